The van der Waals surface area contributed by atoms with Gasteiger partial charge in [0.2, 0.25) is 0 Å². The number of hydrogen-bond acceptors (Lipinski definition) is 6. The summed E-state index contributed by atoms with van der Waals surface area (Å²) in [5.41, 5.74) is 2.42. The minimum absolute atomic E-state index is 0.758. The molecular formula is C21H24ClNO6. The van der Waals surface area contributed by atoms with Crippen LogP contribution in [0.5, 0.6) is 11.5 Å². The first-order chi connectivity index (χ1) is 13.8. The maximum absolute atomic E-state index is 8.49. The Morgan fingerprint density at radius 1 is 0.897 bits per heavy atom. The summed E-state index contributed by atoms with van der Waals surface area (Å²) in [5.74, 6) is 1.52. The van der Waals surface area contributed by atoms with E-state index in [1.165, 1.54) is 22.9 Å². The van der Waals surface area contributed by atoms with Crippen LogP contribution in [0.25, 0.3) is 21.9 Å². The molecule has 7 nitrogen and oxygen atoms in total. The van der Waals surface area contributed by atoms with E-state index < -0.39 is 10.2 Å². The molecule has 0 spiro atoms. The van der Waals surface area contributed by atoms with E-state index in [2.05, 4.69) is 60.3 Å². The number of nitrogens with zero attached hydrogens (tertiary/aromatic N) is 1. The normalized spacial score (nSPS) is 11.0. The van der Waals surface area contributed by atoms with Gasteiger partial charge in [0.25, 0.3) is 0 Å². The zero-order valence-corrected chi connectivity index (χ0v) is 17.3. The Kier molecular flexibility index (Phi) is 8.19. The fourth-order valence-electron chi connectivity index (χ4n) is 3.00. The summed E-state index contributed by atoms with van der Waals surface area (Å²) in [5, 5.41) is 2.33. The molecule has 29 heavy (non-hydrogen) atoms. The minimum atomic E-state index is -4.94. The van der Waals surface area contributed by atoms with Crippen LogP contribution in [0.1, 0.15) is 19.8 Å². The fourth-order valence-corrected chi connectivity index (χ4v) is 3.00. The molecule has 0 aliphatic heterocycles. The van der Waals surface area contributed by atoms with E-state index in [0.717, 1.165) is 29.9 Å². The molecule has 156 valence electrons. The average molecular weight is 422 g/mol. The molecule has 0 fully saturated rings. The van der Waals surface area contributed by atoms with Gasteiger partial charge in [0.1, 0.15) is 6.54 Å². The molecule has 0 unspecified atom stereocenters. The Labute approximate surface area is 172 Å². The van der Waals surface area contributed by atoms with Crippen molar-refractivity contribution in [3.63, 3.8) is 0 Å². The largest absolute Gasteiger partial charge is 0.493 e. The van der Waals surface area contributed by atoms with Crippen molar-refractivity contribution >= 4 is 10.8 Å². The zero-order chi connectivity index (χ0) is 21.4. The first-order valence-electron chi connectivity index (χ1n) is 9.02. The Morgan fingerprint density at radius 2 is 1.48 bits per heavy atom. The van der Waals surface area contributed by atoms with Crippen LogP contribution >= 0.6 is 0 Å². The lowest BCUT2D eigenvalue weighted by Gasteiger charge is -2.17. The number of fused-ring (bicyclic) bond motifs is 1. The average Bonchev–Trinajstić information content (AvgIpc) is 2.70. The molecule has 2 aromatic carbocycles. The van der Waals surface area contributed by atoms with E-state index in [1.54, 1.807) is 14.2 Å². The third-order valence-electron chi connectivity index (χ3n) is 4.30. The predicted molar refractivity (Wildman–Crippen MR) is 97.6 cm³/mol. The van der Waals surface area contributed by atoms with Gasteiger partial charge in [-0.1, -0.05) is 43.7 Å². The topological polar surface area (TPSA) is 115 Å². The van der Waals surface area contributed by atoms with Gasteiger partial charge >= 0.3 is 0 Å². The molecule has 0 radical (unpaired) electrons. The predicted octanol–water partition coefficient (Wildman–Crippen LogP) is -0.144. The Balaban J connectivity index is 0.000000537. The van der Waals surface area contributed by atoms with Crippen LogP contribution < -0.4 is 32.7 Å². The lowest BCUT2D eigenvalue weighted by molar-refractivity contribution is -2.00. The first kappa shape index (κ1) is 22.9. The van der Waals surface area contributed by atoms with Gasteiger partial charge in [0, 0.05) is 11.8 Å². The number of benzene rings is 2. The fraction of sp³-hybridized carbons (Fsp3) is 0.286. The Hall–Kier alpha value is -2.42. The van der Waals surface area contributed by atoms with E-state index >= 15 is 0 Å². The van der Waals surface area contributed by atoms with Crippen molar-refractivity contribution in [2.45, 2.75) is 26.3 Å². The van der Waals surface area contributed by atoms with Gasteiger partial charge in [-0.2, -0.15) is 0 Å². The summed E-state index contributed by atoms with van der Waals surface area (Å²) in [6.07, 6.45) is 6.77. The minimum Gasteiger partial charge on any atom is -0.493 e. The third kappa shape index (κ3) is 6.85. The van der Waals surface area contributed by atoms with Gasteiger partial charge in [-0.3, -0.25) is 0 Å². The number of hydrogen-bond donors (Lipinski definition) is 0. The van der Waals surface area contributed by atoms with Crippen molar-refractivity contribution in [1.29, 1.82) is 0 Å². The molecule has 3 aromatic rings. The number of ether oxygens (including phenoxy) is 2. The number of unbranched alkanes of at least 4 members (excludes halogenated alkanes) is 1. The molecular weight excluding hydrogens is 398 g/mol. The van der Waals surface area contributed by atoms with Gasteiger partial charge < -0.3 is 9.47 Å². The quantitative estimate of drug-likeness (QED) is 0.511. The second kappa shape index (κ2) is 10.4. The van der Waals surface area contributed by atoms with E-state index in [0.29, 0.717) is 0 Å². The summed E-state index contributed by atoms with van der Waals surface area (Å²) in [6, 6.07) is 14.6. The maximum atomic E-state index is 8.49. The van der Waals surface area contributed by atoms with Crippen molar-refractivity contribution < 1.29 is 42.9 Å². The summed E-state index contributed by atoms with van der Waals surface area (Å²) in [6.45, 7) is 3.23. The van der Waals surface area contributed by atoms with Crippen LogP contribution in [-0.4, -0.2) is 14.2 Å². The Bertz CT molecular complexity index is 922. The van der Waals surface area contributed by atoms with Gasteiger partial charge in [-0.15, -0.1) is 10.2 Å². The second-order valence-electron chi connectivity index (χ2n) is 6.30. The van der Waals surface area contributed by atoms with Crippen molar-refractivity contribution in [3.8, 4) is 22.6 Å². The van der Waals surface area contributed by atoms with Crippen molar-refractivity contribution in [2.75, 3.05) is 14.2 Å². The summed E-state index contributed by atoms with van der Waals surface area (Å²) >= 11 is 0. The number of aryl methyl sites for hydroxylation is 1. The molecule has 8 heteroatoms. The van der Waals surface area contributed by atoms with Gasteiger partial charge in [0.15, 0.2) is 23.9 Å². The van der Waals surface area contributed by atoms with Crippen LogP contribution in [0.3, 0.4) is 0 Å². The summed E-state index contributed by atoms with van der Waals surface area (Å²) < 4.78 is 47.2. The van der Waals surface area contributed by atoms with Gasteiger partial charge in [-0.25, -0.2) is 23.2 Å². The van der Waals surface area contributed by atoms with Gasteiger partial charge in [-0.05, 0) is 17.7 Å². The highest BCUT2D eigenvalue weighted by Crippen LogP contribution is 2.36. The van der Waals surface area contributed by atoms with Crippen molar-refractivity contribution in [2.24, 2.45) is 0 Å². The summed E-state index contributed by atoms with van der Waals surface area (Å²) in [4.78, 5) is 0. The smallest absolute Gasteiger partial charge is 0.177 e. The van der Waals surface area contributed by atoms with E-state index in [1.807, 2.05) is 6.07 Å². The third-order valence-corrected chi connectivity index (χ3v) is 4.30. The first-order valence-corrected chi connectivity index (χ1v) is 10.3. The Morgan fingerprint density at radius 3 is 2.03 bits per heavy atom. The lowest BCUT2D eigenvalue weighted by atomic mass is 10.00. The molecule has 1 aromatic heterocycles. The highest BCUT2D eigenvalue weighted by molar-refractivity contribution is 5.97. The van der Waals surface area contributed by atoms with Crippen LogP contribution in [-0.2, 0) is 6.54 Å². The molecule has 3 rings (SSSR count). The van der Waals surface area contributed by atoms with Crippen LogP contribution in [0, 0.1) is 10.2 Å². The van der Waals surface area contributed by atoms with Crippen LogP contribution in [0.15, 0.2) is 54.9 Å². The number of halogens is 1. The molecule has 0 aliphatic carbocycles. The molecule has 1 heterocycles. The van der Waals surface area contributed by atoms with Crippen molar-refractivity contribution in [3.05, 3.63) is 54.9 Å². The number of rotatable bonds is 6. The number of aromatic nitrogens is 1. The molecule has 0 aliphatic rings. The lowest BCUT2D eigenvalue weighted by Crippen LogP contribution is -2.68. The van der Waals surface area contributed by atoms with Gasteiger partial charge in [0.05, 0.1) is 25.2 Å². The maximum Gasteiger partial charge on any atom is 0.177 e. The zero-order valence-electron chi connectivity index (χ0n) is 16.6. The molecule has 0 saturated heterocycles. The van der Waals surface area contributed by atoms with Crippen LogP contribution in [0.2, 0.25) is 0 Å². The molecule has 0 bridgehead atoms. The SMILES string of the molecule is CCCC[n+]1cc(-c2ccccc2)c2cc(OC)c(OC)cc2c1.[O-][Cl+3]([O-])([O-])[O-]. The van der Waals surface area contributed by atoms with E-state index in [4.69, 9.17) is 28.1 Å². The van der Waals surface area contributed by atoms with Crippen molar-refractivity contribution in [1.82, 2.24) is 0 Å². The second-order valence-corrected chi connectivity index (χ2v) is 7.06. The molecule has 0 atom stereocenters. The van der Waals surface area contributed by atoms with E-state index in [-0.39, 0.29) is 0 Å². The number of methoxy groups -OCH3 is 2. The van der Waals surface area contributed by atoms with Crippen LogP contribution in [0.4, 0.5) is 0 Å². The summed E-state index contributed by atoms with van der Waals surface area (Å²) in [7, 11) is -1.59. The molecule has 0 saturated carbocycles. The molecule has 0 N–H and O–H groups in total. The monoisotopic (exact) mass is 421 g/mol. The number of pyridine rings is 1. The molecule has 0 amide bonds. The highest BCUT2D eigenvalue weighted by Gasteiger charge is 2.15. The highest BCUT2D eigenvalue weighted by atomic mass is 35.7. The van der Waals surface area contributed by atoms with E-state index in [9.17, 15) is 0 Å². The standard InChI is InChI=1S/C21H24NO2.ClHO4/c1-4-5-11-22-14-17-12-20(23-2)21(24-3)13-18(17)19(15-22)16-9-7-6-8-10-16;2-1(3,4)5/h6-10,12-15H,4-5,11H2,1-3H3;(H,2,3,4,5)/q+1;/p-1.